The van der Waals surface area contributed by atoms with Crippen LogP contribution in [0.15, 0.2) is 36.4 Å². The third-order valence-corrected chi connectivity index (χ3v) is 4.00. The number of phenolic OH excluding ortho intramolecular Hbond substituents is 2. The van der Waals surface area contributed by atoms with Gasteiger partial charge in [0.2, 0.25) is 0 Å². The molecule has 0 aliphatic heterocycles. The van der Waals surface area contributed by atoms with Crippen LogP contribution in [0.2, 0.25) is 0 Å². The average molecular weight is 330 g/mol. The van der Waals surface area contributed by atoms with Crippen LogP contribution in [0.5, 0.6) is 23.0 Å². The Labute approximate surface area is 139 Å². The van der Waals surface area contributed by atoms with E-state index in [0.717, 1.165) is 0 Å². The molecule has 0 aromatic heterocycles. The Kier molecular flexibility index (Phi) is 4.78. The zero-order chi connectivity index (χ0) is 17.9. The van der Waals surface area contributed by atoms with Gasteiger partial charge in [0, 0.05) is 0 Å². The van der Waals surface area contributed by atoms with Crippen LogP contribution >= 0.6 is 0 Å². The fourth-order valence-corrected chi connectivity index (χ4v) is 2.64. The van der Waals surface area contributed by atoms with Crippen LogP contribution in [-0.4, -0.2) is 36.5 Å². The van der Waals surface area contributed by atoms with Crippen LogP contribution in [0.1, 0.15) is 18.1 Å². The summed E-state index contributed by atoms with van der Waals surface area (Å²) in [6.45, 7) is 1.30. The largest absolute Gasteiger partial charge is 0.504 e. The van der Waals surface area contributed by atoms with Gasteiger partial charge in [-0.1, -0.05) is 12.1 Å². The zero-order valence-electron chi connectivity index (χ0n) is 13.6. The molecule has 0 radical (unpaired) electrons. The number of phenols is 2. The molecule has 0 saturated carbocycles. The standard InChI is InChI=1S/C18H18O6/c1-11(20)18(10-19,12-4-6-14(21)16(8-12)23-2)13-5-7-15(22)17(9-13)24-3/h4-10,21-22H,1-3H3. The molecule has 2 aromatic carbocycles. The van der Waals surface area contributed by atoms with Gasteiger partial charge in [-0.25, -0.2) is 0 Å². The second-order valence-electron chi connectivity index (χ2n) is 5.26. The lowest BCUT2D eigenvalue weighted by atomic mass is 9.72. The molecule has 6 heteroatoms. The van der Waals surface area contributed by atoms with Gasteiger partial charge in [-0.2, -0.15) is 0 Å². The Morgan fingerprint density at radius 1 is 0.958 bits per heavy atom. The van der Waals surface area contributed by atoms with Crippen molar-refractivity contribution < 1.29 is 29.3 Å². The lowest BCUT2D eigenvalue weighted by Crippen LogP contribution is -2.37. The van der Waals surface area contributed by atoms with Gasteiger partial charge in [-0.3, -0.25) is 4.79 Å². The topological polar surface area (TPSA) is 93.1 Å². The Balaban J connectivity index is 2.76. The van der Waals surface area contributed by atoms with Crippen molar-refractivity contribution in [1.29, 1.82) is 0 Å². The summed E-state index contributed by atoms with van der Waals surface area (Å²) in [6, 6.07) is 8.54. The van der Waals surface area contributed by atoms with Crippen molar-refractivity contribution in [2.75, 3.05) is 14.2 Å². The minimum atomic E-state index is -1.61. The number of rotatable bonds is 6. The molecule has 0 atom stereocenters. The number of aldehydes is 1. The molecule has 0 fully saturated rings. The van der Waals surface area contributed by atoms with Crippen LogP contribution in [0.25, 0.3) is 0 Å². The number of benzene rings is 2. The molecule has 24 heavy (non-hydrogen) atoms. The highest BCUT2D eigenvalue weighted by Crippen LogP contribution is 2.39. The van der Waals surface area contributed by atoms with Gasteiger partial charge in [0.05, 0.1) is 14.2 Å². The summed E-state index contributed by atoms with van der Waals surface area (Å²) < 4.78 is 10.1. The number of Topliss-reactive ketones (excluding diaryl/α,β-unsaturated/α-hetero) is 1. The number of aromatic hydroxyl groups is 2. The second-order valence-corrected chi connectivity index (χ2v) is 5.26. The molecular formula is C18H18O6. The SMILES string of the molecule is COc1cc(C(C=O)(C(C)=O)c2ccc(O)c(OC)c2)ccc1O. The van der Waals surface area contributed by atoms with Crippen molar-refractivity contribution >= 4 is 12.1 Å². The molecule has 0 amide bonds. The van der Waals surface area contributed by atoms with Crippen molar-refractivity contribution in [1.82, 2.24) is 0 Å². The molecule has 0 aliphatic rings. The predicted octanol–water partition coefficient (Wildman–Crippen LogP) is 2.19. The smallest absolute Gasteiger partial charge is 0.160 e. The lowest BCUT2D eigenvalue weighted by Gasteiger charge is -2.27. The number of ketones is 1. The summed E-state index contributed by atoms with van der Waals surface area (Å²) in [5.74, 6) is -0.338. The molecule has 0 aliphatic carbocycles. The molecule has 0 spiro atoms. The molecule has 0 bridgehead atoms. The average Bonchev–Trinajstić information content (AvgIpc) is 2.58. The Bertz CT molecular complexity index is 728. The zero-order valence-corrected chi connectivity index (χ0v) is 13.6. The van der Waals surface area contributed by atoms with Gasteiger partial charge < -0.3 is 24.5 Å². The maximum absolute atomic E-state index is 12.4. The summed E-state index contributed by atoms with van der Waals surface area (Å²) in [4.78, 5) is 24.4. The highest BCUT2D eigenvalue weighted by Gasteiger charge is 2.40. The van der Waals surface area contributed by atoms with Gasteiger partial charge in [0.15, 0.2) is 28.8 Å². The number of methoxy groups -OCH3 is 2. The highest BCUT2D eigenvalue weighted by molar-refractivity contribution is 6.07. The number of ether oxygens (including phenoxy) is 2. The fraction of sp³-hybridized carbons (Fsp3) is 0.222. The Morgan fingerprint density at radius 3 is 1.67 bits per heavy atom. The molecule has 0 unspecified atom stereocenters. The number of hydrogen-bond acceptors (Lipinski definition) is 6. The van der Waals surface area contributed by atoms with Gasteiger partial charge in [-0.05, 0) is 42.3 Å². The predicted molar refractivity (Wildman–Crippen MR) is 86.8 cm³/mol. The number of carbonyl (C=O) groups is 2. The van der Waals surface area contributed by atoms with E-state index in [0.29, 0.717) is 17.4 Å². The molecule has 2 aromatic rings. The summed E-state index contributed by atoms with van der Waals surface area (Å²) in [5, 5.41) is 19.5. The maximum atomic E-state index is 12.4. The fourth-order valence-electron chi connectivity index (χ4n) is 2.64. The lowest BCUT2D eigenvalue weighted by molar-refractivity contribution is -0.126. The third-order valence-electron chi connectivity index (χ3n) is 4.00. The van der Waals surface area contributed by atoms with E-state index in [-0.39, 0.29) is 23.0 Å². The maximum Gasteiger partial charge on any atom is 0.160 e. The summed E-state index contributed by atoms with van der Waals surface area (Å²) >= 11 is 0. The Hall–Kier alpha value is -3.02. The summed E-state index contributed by atoms with van der Waals surface area (Å²) in [7, 11) is 2.75. The van der Waals surface area contributed by atoms with Gasteiger partial charge in [0.25, 0.3) is 0 Å². The first-order chi connectivity index (χ1) is 11.4. The van der Waals surface area contributed by atoms with Crippen LogP contribution in [0.3, 0.4) is 0 Å². The van der Waals surface area contributed by atoms with Crippen molar-refractivity contribution in [2.45, 2.75) is 12.3 Å². The summed E-state index contributed by atoms with van der Waals surface area (Å²) in [6.07, 6.45) is 0.535. The van der Waals surface area contributed by atoms with Gasteiger partial charge in [0.1, 0.15) is 11.7 Å². The van der Waals surface area contributed by atoms with Crippen molar-refractivity contribution in [2.24, 2.45) is 0 Å². The quantitative estimate of drug-likeness (QED) is 0.623. The van der Waals surface area contributed by atoms with E-state index in [4.69, 9.17) is 9.47 Å². The minimum Gasteiger partial charge on any atom is -0.504 e. The van der Waals surface area contributed by atoms with E-state index in [1.807, 2.05) is 0 Å². The first-order valence-electron chi connectivity index (χ1n) is 7.13. The molecule has 2 N–H and O–H groups in total. The molecule has 6 nitrogen and oxygen atoms in total. The number of hydrogen-bond donors (Lipinski definition) is 2. The van der Waals surface area contributed by atoms with Crippen LogP contribution in [0.4, 0.5) is 0 Å². The van der Waals surface area contributed by atoms with Crippen molar-refractivity contribution in [3.63, 3.8) is 0 Å². The number of carbonyl (C=O) groups excluding carboxylic acids is 2. The minimum absolute atomic E-state index is 0.104. The van der Waals surface area contributed by atoms with E-state index in [1.54, 1.807) is 0 Å². The van der Waals surface area contributed by atoms with Crippen LogP contribution in [0, 0.1) is 0 Å². The van der Waals surface area contributed by atoms with E-state index >= 15 is 0 Å². The van der Waals surface area contributed by atoms with E-state index in [2.05, 4.69) is 0 Å². The van der Waals surface area contributed by atoms with Gasteiger partial charge in [-0.15, -0.1) is 0 Å². The molecule has 0 saturated heterocycles. The molecule has 2 rings (SSSR count). The van der Waals surface area contributed by atoms with Crippen LogP contribution in [-0.2, 0) is 15.0 Å². The van der Waals surface area contributed by atoms with Gasteiger partial charge >= 0.3 is 0 Å². The third kappa shape index (κ3) is 2.67. The van der Waals surface area contributed by atoms with Crippen molar-refractivity contribution in [3.05, 3.63) is 47.5 Å². The second kappa shape index (κ2) is 6.62. The van der Waals surface area contributed by atoms with Crippen LogP contribution < -0.4 is 9.47 Å². The monoisotopic (exact) mass is 330 g/mol. The van der Waals surface area contributed by atoms with E-state index < -0.39 is 11.2 Å². The Morgan fingerprint density at radius 2 is 1.38 bits per heavy atom. The van der Waals surface area contributed by atoms with E-state index in [1.165, 1.54) is 57.5 Å². The molecule has 126 valence electrons. The summed E-state index contributed by atoms with van der Waals surface area (Å²) in [5.41, 5.74) is -0.929. The normalized spacial score (nSPS) is 11.0. The van der Waals surface area contributed by atoms with E-state index in [9.17, 15) is 19.8 Å². The molecule has 0 heterocycles. The first kappa shape index (κ1) is 17.3. The molecular weight excluding hydrogens is 312 g/mol. The highest BCUT2D eigenvalue weighted by atomic mass is 16.5. The van der Waals surface area contributed by atoms with Crippen molar-refractivity contribution in [3.8, 4) is 23.0 Å². The first-order valence-corrected chi connectivity index (χ1v) is 7.13.